The van der Waals surface area contributed by atoms with Crippen LogP contribution >= 0.6 is 0 Å². The van der Waals surface area contributed by atoms with Crippen molar-refractivity contribution in [1.82, 2.24) is 14.7 Å². The van der Waals surface area contributed by atoms with Crippen molar-refractivity contribution < 1.29 is 32.8 Å². The molecule has 1 fully saturated rings. The first kappa shape index (κ1) is 25.7. The van der Waals surface area contributed by atoms with E-state index in [4.69, 9.17) is 15.2 Å². The van der Waals surface area contributed by atoms with Crippen LogP contribution in [0.5, 0.6) is 0 Å². The second-order valence-electron chi connectivity index (χ2n) is 8.51. The predicted molar refractivity (Wildman–Crippen MR) is 125 cm³/mol. The van der Waals surface area contributed by atoms with E-state index >= 15 is 0 Å². The summed E-state index contributed by atoms with van der Waals surface area (Å²) in [7, 11) is 1.77. The molecule has 1 aliphatic heterocycles. The molecular weight excluding hydrogens is 459 g/mol. The highest BCUT2D eigenvalue weighted by Crippen LogP contribution is 2.35. The number of ether oxygens (including phenoxy) is 2. The number of carbonyl (C=O) groups is 3. The van der Waals surface area contributed by atoms with E-state index in [0.717, 1.165) is 0 Å². The van der Waals surface area contributed by atoms with Gasteiger partial charge in [-0.25, -0.2) is 18.6 Å². The van der Waals surface area contributed by atoms with Crippen molar-refractivity contribution in [2.75, 3.05) is 38.7 Å². The lowest BCUT2D eigenvalue weighted by molar-refractivity contribution is -0.583. The molecule has 2 unspecified atom stereocenters. The monoisotopic (exact) mass is 489 g/mol. The Labute approximate surface area is 202 Å². The van der Waals surface area contributed by atoms with E-state index in [2.05, 4.69) is 17.1 Å². The van der Waals surface area contributed by atoms with Gasteiger partial charge in [0.05, 0.1) is 13.2 Å². The maximum Gasteiger partial charge on any atom is 0.410 e. The van der Waals surface area contributed by atoms with E-state index in [1.807, 2.05) is 6.92 Å². The highest BCUT2D eigenvalue weighted by molar-refractivity contribution is 5.98. The highest BCUT2D eigenvalue weighted by atomic mass is 19.1. The van der Waals surface area contributed by atoms with Crippen LogP contribution in [0.3, 0.4) is 0 Å². The number of halogens is 1. The molecule has 0 spiro atoms. The van der Waals surface area contributed by atoms with Gasteiger partial charge in [-0.1, -0.05) is 0 Å². The van der Waals surface area contributed by atoms with E-state index in [-0.39, 0.29) is 30.6 Å². The first-order valence-corrected chi connectivity index (χ1v) is 11.1. The summed E-state index contributed by atoms with van der Waals surface area (Å²) in [5, 5.41) is 7.57. The minimum atomic E-state index is -0.713. The van der Waals surface area contributed by atoms with Gasteiger partial charge in [0, 0.05) is 25.4 Å². The Bertz CT molecular complexity index is 1120. The van der Waals surface area contributed by atoms with Crippen molar-refractivity contribution in [3.8, 4) is 0 Å². The number of hydrogen-bond donors (Lipinski definition) is 2. The summed E-state index contributed by atoms with van der Waals surface area (Å²) >= 11 is 0. The minimum Gasteiger partial charge on any atom is -0.463 e. The van der Waals surface area contributed by atoms with Gasteiger partial charge in [-0.3, -0.25) is 9.48 Å². The van der Waals surface area contributed by atoms with Crippen LogP contribution in [-0.2, 0) is 14.3 Å². The van der Waals surface area contributed by atoms with E-state index < -0.39 is 35.9 Å². The topological polar surface area (TPSA) is 132 Å². The quantitative estimate of drug-likeness (QED) is 0.329. The maximum absolute atomic E-state index is 13.3. The van der Waals surface area contributed by atoms with Crippen LogP contribution in [0.1, 0.15) is 36.7 Å². The number of rotatable bonds is 8. The lowest BCUT2D eigenvalue weighted by atomic mass is 9.85. The average molecular weight is 490 g/mol. The number of aromatic nitrogens is 2. The van der Waals surface area contributed by atoms with Crippen molar-refractivity contribution >= 4 is 36.2 Å². The first-order valence-electron chi connectivity index (χ1n) is 11.1. The zero-order chi connectivity index (χ0) is 25.8. The van der Waals surface area contributed by atoms with Crippen LogP contribution in [0.15, 0.2) is 30.5 Å². The number of benzene rings is 1. The molecule has 1 aliphatic rings. The summed E-state index contributed by atoms with van der Waals surface area (Å²) < 4.78 is 26.5. The molecule has 2 heterocycles. The molecule has 1 aromatic heterocycles. The van der Waals surface area contributed by atoms with Gasteiger partial charge >= 0.3 is 12.1 Å². The summed E-state index contributed by atoms with van der Waals surface area (Å²) in [4.78, 5) is 37.7. The zero-order valence-electron chi connectivity index (χ0n) is 20.0. The standard InChI is InChI=1S/C23H29FN6O5/c1-5-34-19(31)13-35-22(33)29-11-10-18(23(2,14-29)28(3)4)30-12-17(20(25)32)21(27-30)26-16-8-6-15(24)7-9-16/h6-9,12,18H,3,5,10-11,13-14H2,1-2,4H3,(H2-,25,26,27,32)/p+1. The number of amides is 2. The molecule has 2 atom stereocenters. The van der Waals surface area contributed by atoms with E-state index in [1.54, 1.807) is 29.4 Å². The number of hydrogen-bond acceptors (Lipinski definition) is 7. The summed E-state index contributed by atoms with van der Waals surface area (Å²) in [6, 6.07) is 5.32. The molecule has 188 valence electrons. The fraction of sp³-hybridized carbons (Fsp3) is 0.435. The van der Waals surface area contributed by atoms with Crippen LogP contribution in [-0.4, -0.2) is 82.8 Å². The third-order valence-electron chi connectivity index (χ3n) is 6.07. The Morgan fingerprint density at radius 2 is 2.00 bits per heavy atom. The Morgan fingerprint density at radius 3 is 2.60 bits per heavy atom. The van der Waals surface area contributed by atoms with Crippen molar-refractivity contribution in [3.05, 3.63) is 41.8 Å². The molecule has 0 saturated carbocycles. The van der Waals surface area contributed by atoms with Crippen LogP contribution in [0.2, 0.25) is 0 Å². The van der Waals surface area contributed by atoms with E-state index in [9.17, 15) is 18.8 Å². The summed E-state index contributed by atoms with van der Waals surface area (Å²) in [6.45, 7) is 7.89. The number of primary amides is 1. The number of likely N-dealkylation sites (tertiary alicyclic amines) is 1. The zero-order valence-corrected chi connectivity index (χ0v) is 20.0. The Morgan fingerprint density at radius 1 is 1.31 bits per heavy atom. The molecule has 3 rings (SSSR count). The van der Waals surface area contributed by atoms with Crippen molar-refractivity contribution in [3.63, 3.8) is 0 Å². The number of carbonyl (C=O) groups excluding carboxylic acids is 3. The molecule has 0 bridgehead atoms. The third kappa shape index (κ3) is 5.76. The molecule has 0 aliphatic carbocycles. The summed E-state index contributed by atoms with van der Waals surface area (Å²) in [5.74, 6) is -1.46. The number of nitrogens with two attached hydrogens (primary N) is 1. The summed E-state index contributed by atoms with van der Waals surface area (Å²) in [5.41, 5.74) is 5.57. The minimum absolute atomic E-state index is 0.166. The van der Waals surface area contributed by atoms with Crippen molar-refractivity contribution in [1.29, 1.82) is 0 Å². The molecule has 2 amide bonds. The molecule has 12 heteroatoms. The fourth-order valence-electron chi connectivity index (χ4n) is 4.02. The SMILES string of the molecule is C=[N+](C)C1(C)CN(C(=O)OCC(=O)OCC)CCC1n1cc(C(N)=O)c(Nc2ccc(F)cc2)n1. The number of nitrogens with zero attached hydrogens (tertiary/aromatic N) is 4. The molecule has 3 N–H and O–H groups in total. The Balaban J connectivity index is 1.82. The van der Waals surface area contributed by atoms with Crippen molar-refractivity contribution in [2.24, 2.45) is 5.73 Å². The van der Waals surface area contributed by atoms with Crippen LogP contribution in [0.4, 0.5) is 20.7 Å². The van der Waals surface area contributed by atoms with Gasteiger partial charge in [-0.15, -0.1) is 0 Å². The van der Waals surface area contributed by atoms with Crippen LogP contribution in [0.25, 0.3) is 0 Å². The predicted octanol–water partition coefficient (Wildman–Crippen LogP) is 1.91. The molecule has 35 heavy (non-hydrogen) atoms. The summed E-state index contributed by atoms with van der Waals surface area (Å²) in [6.07, 6.45) is 1.37. The second kappa shape index (κ2) is 10.5. The highest BCUT2D eigenvalue weighted by Gasteiger charge is 2.49. The maximum atomic E-state index is 13.3. The smallest absolute Gasteiger partial charge is 0.410 e. The molecule has 1 aromatic carbocycles. The number of nitrogens with one attached hydrogen (secondary N) is 1. The number of piperidine rings is 1. The second-order valence-corrected chi connectivity index (χ2v) is 8.51. The van der Waals surface area contributed by atoms with Crippen molar-refractivity contribution in [2.45, 2.75) is 31.8 Å². The first-order chi connectivity index (χ1) is 16.5. The lowest BCUT2D eigenvalue weighted by Crippen LogP contribution is -2.59. The number of likely N-dealkylation sites (N-methyl/N-ethyl adjacent to an activating group) is 1. The van der Waals surface area contributed by atoms with Crippen LogP contribution < -0.4 is 11.1 Å². The van der Waals surface area contributed by atoms with Gasteiger partial charge in [0.1, 0.15) is 31.2 Å². The average Bonchev–Trinajstić information content (AvgIpc) is 3.22. The van der Waals surface area contributed by atoms with Gasteiger partial charge in [-0.2, -0.15) is 5.10 Å². The van der Waals surface area contributed by atoms with Gasteiger partial charge in [0.2, 0.25) is 0 Å². The van der Waals surface area contributed by atoms with Crippen LogP contribution in [0, 0.1) is 5.82 Å². The number of anilines is 2. The molecule has 2 aromatic rings. The molecular formula is C23H30FN6O5+. The van der Waals surface area contributed by atoms with Gasteiger partial charge in [0.25, 0.3) is 5.91 Å². The molecule has 1 saturated heterocycles. The molecule has 0 radical (unpaired) electrons. The van der Waals surface area contributed by atoms with Gasteiger partial charge in [-0.05, 0) is 37.6 Å². The Kier molecular flexibility index (Phi) is 7.72. The Hall–Kier alpha value is -3.96. The normalized spacial score (nSPS) is 19.7. The number of esters is 1. The van der Waals surface area contributed by atoms with E-state index in [0.29, 0.717) is 18.7 Å². The van der Waals surface area contributed by atoms with E-state index in [1.165, 1.54) is 29.2 Å². The fourth-order valence-corrected chi connectivity index (χ4v) is 4.02. The lowest BCUT2D eigenvalue weighted by Gasteiger charge is -2.41. The van der Waals surface area contributed by atoms with Gasteiger partial charge in [0.15, 0.2) is 18.0 Å². The third-order valence-corrected chi connectivity index (χ3v) is 6.07. The molecule has 11 nitrogen and oxygen atoms in total. The largest absolute Gasteiger partial charge is 0.463 e. The van der Waals surface area contributed by atoms with Gasteiger partial charge < -0.3 is 25.4 Å².